The predicted octanol–water partition coefficient (Wildman–Crippen LogP) is 2.57. The zero-order chi connectivity index (χ0) is 24.1. The molecule has 0 saturated carbocycles. The Morgan fingerprint density at radius 1 is 1.21 bits per heavy atom. The van der Waals surface area contributed by atoms with E-state index in [2.05, 4.69) is 44.4 Å². The number of anilines is 1. The molecule has 0 radical (unpaired) electrons. The first kappa shape index (κ1) is 22.0. The molecule has 3 N–H and O–H groups in total. The van der Waals surface area contributed by atoms with E-state index in [4.69, 9.17) is 0 Å². The molecule has 1 aliphatic heterocycles. The van der Waals surface area contributed by atoms with Gasteiger partial charge in [0, 0.05) is 61.9 Å². The fraction of sp³-hybridized carbons (Fsp3) is 0.333. The molecule has 176 valence electrons. The molecule has 5 rings (SSSR count). The van der Waals surface area contributed by atoms with Crippen LogP contribution in [0.2, 0.25) is 0 Å². The number of phenolic OH excluding ortho intramolecular Hbond substituents is 1. The topological polar surface area (TPSA) is 108 Å². The summed E-state index contributed by atoms with van der Waals surface area (Å²) in [5, 5.41) is 21.8. The molecule has 1 amide bonds. The molecule has 4 aromatic rings. The van der Waals surface area contributed by atoms with Crippen LogP contribution < -0.4 is 15.5 Å². The van der Waals surface area contributed by atoms with E-state index >= 15 is 0 Å². The Balaban J connectivity index is 1.68. The van der Waals surface area contributed by atoms with Crippen molar-refractivity contribution in [2.45, 2.75) is 25.9 Å². The number of hydrogen-bond acceptors (Lipinski definition) is 7. The van der Waals surface area contributed by atoms with E-state index in [9.17, 15) is 14.3 Å². The summed E-state index contributed by atoms with van der Waals surface area (Å²) in [4.78, 5) is 24.1. The number of nitrogens with zero attached hydrogens (tertiary/aromatic N) is 5. The second-order valence-corrected chi connectivity index (χ2v) is 8.88. The van der Waals surface area contributed by atoms with Gasteiger partial charge in [-0.15, -0.1) is 0 Å². The summed E-state index contributed by atoms with van der Waals surface area (Å²) in [5.41, 5.74) is 1.81. The highest BCUT2D eigenvalue weighted by Gasteiger charge is 2.24. The number of nitrogens with one attached hydrogen (secondary N) is 2. The molecule has 3 heterocycles. The van der Waals surface area contributed by atoms with E-state index in [1.807, 2.05) is 18.2 Å². The number of halogens is 1. The van der Waals surface area contributed by atoms with Gasteiger partial charge in [-0.2, -0.15) is 5.10 Å². The van der Waals surface area contributed by atoms with Crippen molar-refractivity contribution in [3.05, 3.63) is 42.0 Å². The van der Waals surface area contributed by atoms with Crippen LogP contribution >= 0.6 is 0 Å². The minimum atomic E-state index is -0.851. The van der Waals surface area contributed by atoms with Gasteiger partial charge in [0.05, 0.1) is 11.1 Å². The van der Waals surface area contributed by atoms with Crippen LogP contribution in [0.25, 0.3) is 33.2 Å². The number of carbonyl (C=O) groups excluding carboxylic acids is 1. The van der Waals surface area contributed by atoms with Crippen molar-refractivity contribution in [3.8, 4) is 17.1 Å². The van der Waals surface area contributed by atoms with Gasteiger partial charge < -0.3 is 20.6 Å². The van der Waals surface area contributed by atoms with Crippen molar-refractivity contribution < 1.29 is 14.3 Å². The SMILES string of the molecule is CNC(=O)c1nc(-c2cc3cn(C)nc3c(F)c2O)nc2ccc(N3CC(C)NC(C)C3)cc12. The van der Waals surface area contributed by atoms with Crippen molar-refractivity contribution in [2.75, 3.05) is 25.0 Å². The van der Waals surface area contributed by atoms with Crippen LogP contribution in [0, 0.1) is 5.82 Å². The number of aryl methyl sites for hydroxylation is 1. The van der Waals surface area contributed by atoms with Crippen LogP contribution in [0.3, 0.4) is 0 Å². The third-order valence-corrected chi connectivity index (χ3v) is 6.11. The summed E-state index contributed by atoms with van der Waals surface area (Å²) in [5.74, 6) is -1.79. The Labute approximate surface area is 195 Å². The molecular formula is C24H26FN7O2. The molecule has 1 aliphatic rings. The average Bonchev–Trinajstić information content (AvgIpc) is 3.19. The first-order valence-corrected chi connectivity index (χ1v) is 11.1. The second kappa shape index (κ2) is 8.21. The minimum Gasteiger partial charge on any atom is -0.504 e. The van der Waals surface area contributed by atoms with Gasteiger partial charge in [-0.05, 0) is 38.1 Å². The molecule has 0 spiro atoms. The van der Waals surface area contributed by atoms with Crippen molar-refractivity contribution >= 4 is 33.4 Å². The summed E-state index contributed by atoms with van der Waals surface area (Å²) >= 11 is 0. The number of aromatic hydroxyl groups is 1. The zero-order valence-electron chi connectivity index (χ0n) is 19.4. The molecule has 0 bridgehead atoms. The van der Waals surface area contributed by atoms with Gasteiger partial charge in [0.2, 0.25) is 0 Å². The molecular weight excluding hydrogens is 437 g/mol. The van der Waals surface area contributed by atoms with Crippen LogP contribution in [0.15, 0.2) is 30.5 Å². The quantitative estimate of drug-likeness (QED) is 0.429. The van der Waals surface area contributed by atoms with Gasteiger partial charge in [-0.25, -0.2) is 14.4 Å². The Kier molecular flexibility index (Phi) is 5.32. The van der Waals surface area contributed by atoms with E-state index in [0.717, 1.165) is 18.8 Å². The maximum absolute atomic E-state index is 14.8. The Bertz CT molecular complexity index is 1420. The third-order valence-electron chi connectivity index (χ3n) is 6.11. The lowest BCUT2D eigenvalue weighted by Crippen LogP contribution is -2.54. The smallest absolute Gasteiger partial charge is 0.270 e. The Hall–Kier alpha value is -3.79. The maximum Gasteiger partial charge on any atom is 0.270 e. The van der Waals surface area contributed by atoms with Crippen molar-refractivity contribution in [3.63, 3.8) is 0 Å². The van der Waals surface area contributed by atoms with Gasteiger partial charge in [-0.3, -0.25) is 9.48 Å². The molecule has 2 atom stereocenters. The van der Waals surface area contributed by atoms with Crippen molar-refractivity contribution in [2.24, 2.45) is 7.05 Å². The molecule has 2 aromatic carbocycles. The van der Waals surface area contributed by atoms with Crippen LogP contribution in [-0.2, 0) is 7.05 Å². The summed E-state index contributed by atoms with van der Waals surface area (Å²) < 4.78 is 16.3. The number of benzene rings is 2. The number of phenols is 1. The molecule has 1 saturated heterocycles. The molecule has 2 aromatic heterocycles. The van der Waals surface area contributed by atoms with E-state index < -0.39 is 17.5 Å². The highest BCUT2D eigenvalue weighted by Crippen LogP contribution is 2.36. The summed E-state index contributed by atoms with van der Waals surface area (Å²) in [6.07, 6.45) is 1.64. The number of fused-ring (bicyclic) bond motifs is 2. The largest absolute Gasteiger partial charge is 0.504 e. The third kappa shape index (κ3) is 3.69. The highest BCUT2D eigenvalue weighted by atomic mass is 19.1. The van der Waals surface area contributed by atoms with Crippen molar-refractivity contribution in [1.82, 2.24) is 30.4 Å². The lowest BCUT2D eigenvalue weighted by Gasteiger charge is -2.37. The molecule has 9 nitrogen and oxygen atoms in total. The first-order chi connectivity index (χ1) is 16.2. The van der Waals surface area contributed by atoms with Gasteiger partial charge in [0.25, 0.3) is 5.91 Å². The van der Waals surface area contributed by atoms with E-state index in [1.54, 1.807) is 19.3 Å². The van der Waals surface area contributed by atoms with E-state index in [1.165, 1.54) is 11.7 Å². The van der Waals surface area contributed by atoms with Crippen molar-refractivity contribution in [1.29, 1.82) is 0 Å². The monoisotopic (exact) mass is 463 g/mol. The maximum atomic E-state index is 14.8. The minimum absolute atomic E-state index is 0.0557. The van der Waals surface area contributed by atoms with Gasteiger partial charge in [0.1, 0.15) is 11.2 Å². The molecule has 10 heteroatoms. The summed E-state index contributed by atoms with van der Waals surface area (Å²) in [6.45, 7) is 5.95. The number of piperazine rings is 1. The highest BCUT2D eigenvalue weighted by molar-refractivity contribution is 6.05. The first-order valence-electron chi connectivity index (χ1n) is 11.1. The van der Waals surface area contributed by atoms with Crippen LogP contribution in [0.4, 0.5) is 10.1 Å². The normalized spacial score (nSPS) is 18.6. The number of amides is 1. The molecule has 0 aliphatic carbocycles. The number of aromatic nitrogens is 4. The molecule has 2 unspecified atom stereocenters. The Morgan fingerprint density at radius 2 is 1.94 bits per heavy atom. The summed E-state index contributed by atoms with van der Waals surface area (Å²) in [6, 6.07) is 7.94. The molecule has 1 fully saturated rings. The second-order valence-electron chi connectivity index (χ2n) is 8.88. The van der Waals surface area contributed by atoms with Gasteiger partial charge in [-0.1, -0.05) is 0 Å². The van der Waals surface area contributed by atoms with Crippen LogP contribution in [0.5, 0.6) is 5.75 Å². The van der Waals surface area contributed by atoms with Gasteiger partial charge in [0.15, 0.2) is 17.4 Å². The van der Waals surface area contributed by atoms with Gasteiger partial charge >= 0.3 is 0 Å². The van der Waals surface area contributed by atoms with Crippen LogP contribution in [0.1, 0.15) is 24.3 Å². The lowest BCUT2D eigenvalue weighted by molar-refractivity contribution is 0.0960. The fourth-order valence-corrected chi connectivity index (χ4v) is 4.67. The number of rotatable bonds is 3. The fourth-order valence-electron chi connectivity index (χ4n) is 4.67. The average molecular weight is 464 g/mol. The predicted molar refractivity (Wildman–Crippen MR) is 129 cm³/mol. The number of carbonyl (C=O) groups is 1. The van der Waals surface area contributed by atoms with E-state index in [-0.39, 0.29) is 22.6 Å². The summed E-state index contributed by atoms with van der Waals surface area (Å²) in [7, 11) is 3.20. The van der Waals surface area contributed by atoms with E-state index in [0.29, 0.717) is 28.4 Å². The molecule has 34 heavy (non-hydrogen) atoms. The zero-order valence-corrected chi connectivity index (χ0v) is 19.4. The standard InChI is InChI=1S/C24H26FN7O2/c1-12-9-32(10-13(2)27-12)15-5-6-18-16(8-15)21(24(34)26-3)29-23(28-18)17-7-14-11-31(4)30-20(14)19(25)22(17)33/h5-8,11-13,27,33H,9-10H2,1-4H3,(H,26,34). The Morgan fingerprint density at radius 3 is 2.65 bits per heavy atom. The van der Waals surface area contributed by atoms with Crippen LogP contribution in [-0.4, -0.2) is 63.0 Å². The number of hydrogen-bond donors (Lipinski definition) is 3. The lowest BCUT2D eigenvalue weighted by atomic mass is 10.1.